The fourth-order valence-corrected chi connectivity index (χ4v) is 4.42. The fraction of sp³-hybridized carbons (Fsp3) is 0.182. The van der Waals surface area contributed by atoms with Crippen molar-refractivity contribution >= 4 is 33.2 Å². The van der Waals surface area contributed by atoms with Crippen LogP contribution in [0.4, 0.5) is 5.69 Å². The van der Waals surface area contributed by atoms with Gasteiger partial charge in [-0.15, -0.1) is 0 Å². The van der Waals surface area contributed by atoms with Gasteiger partial charge in [0.1, 0.15) is 10.6 Å². The summed E-state index contributed by atoms with van der Waals surface area (Å²) in [6.07, 6.45) is 1.64. The average Bonchev–Trinajstić information content (AvgIpc) is 2.76. The van der Waals surface area contributed by atoms with Gasteiger partial charge in [0, 0.05) is 17.4 Å². The molecule has 0 spiro atoms. The summed E-state index contributed by atoms with van der Waals surface area (Å²) in [4.78, 5) is 16.7. The molecule has 7 nitrogen and oxygen atoms in total. The third-order valence-corrected chi connectivity index (χ3v) is 6.24. The highest BCUT2D eigenvalue weighted by Gasteiger charge is 2.21. The van der Waals surface area contributed by atoms with Crippen LogP contribution in [0.5, 0.6) is 5.75 Å². The number of aromatic nitrogens is 1. The summed E-state index contributed by atoms with van der Waals surface area (Å²) in [5, 5.41) is 2.81. The molecule has 9 heteroatoms. The molecule has 0 saturated heterocycles. The Hall–Kier alpha value is -3.10. The van der Waals surface area contributed by atoms with Gasteiger partial charge in [-0.25, -0.2) is 8.42 Å². The summed E-state index contributed by atoms with van der Waals surface area (Å²) in [5.74, 6) is 0.191. The first-order chi connectivity index (χ1) is 14.8. The molecule has 0 fully saturated rings. The van der Waals surface area contributed by atoms with Crippen molar-refractivity contribution in [1.82, 2.24) is 10.3 Å². The Morgan fingerprint density at radius 3 is 2.52 bits per heavy atom. The number of halogens is 1. The zero-order valence-electron chi connectivity index (χ0n) is 17.0. The molecule has 31 heavy (non-hydrogen) atoms. The predicted octanol–water partition coefficient (Wildman–Crippen LogP) is 4.43. The van der Waals surface area contributed by atoms with E-state index in [9.17, 15) is 13.2 Å². The largest absolute Gasteiger partial charge is 0.494 e. The number of ether oxygens (including phenoxy) is 1. The maximum atomic E-state index is 12.9. The van der Waals surface area contributed by atoms with E-state index in [4.69, 9.17) is 16.3 Å². The van der Waals surface area contributed by atoms with Crippen molar-refractivity contribution < 1.29 is 17.9 Å². The first-order valence-electron chi connectivity index (χ1n) is 9.57. The first-order valence-corrected chi connectivity index (χ1v) is 11.4. The zero-order valence-corrected chi connectivity index (χ0v) is 18.6. The number of nitrogens with zero attached hydrogens (tertiary/aromatic N) is 1. The van der Waals surface area contributed by atoms with Crippen LogP contribution in [0.3, 0.4) is 0 Å². The van der Waals surface area contributed by atoms with E-state index in [-0.39, 0.29) is 21.5 Å². The van der Waals surface area contributed by atoms with E-state index in [1.807, 2.05) is 13.0 Å². The average molecular weight is 460 g/mol. The lowest BCUT2D eigenvalue weighted by Crippen LogP contribution is -2.27. The molecule has 3 rings (SSSR count). The van der Waals surface area contributed by atoms with Crippen LogP contribution < -0.4 is 14.8 Å². The second-order valence-electron chi connectivity index (χ2n) is 6.66. The SMILES string of the molecule is CCOc1ccc(NS(=O)(=O)c2cc(C(=O)NC(C)c3ccccn3)ccc2Cl)cc1. The van der Waals surface area contributed by atoms with E-state index < -0.39 is 15.9 Å². The summed E-state index contributed by atoms with van der Waals surface area (Å²) < 4.78 is 33.6. The highest BCUT2D eigenvalue weighted by atomic mass is 35.5. The van der Waals surface area contributed by atoms with E-state index in [1.165, 1.54) is 18.2 Å². The van der Waals surface area contributed by atoms with Gasteiger partial charge in [-0.05, 0) is 68.4 Å². The molecule has 0 aliphatic rings. The molecule has 0 radical (unpaired) electrons. The minimum atomic E-state index is -4.02. The molecular weight excluding hydrogens is 438 g/mol. The monoisotopic (exact) mass is 459 g/mol. The Bertz CT molecular complexity index is 1150. The van der Waals surface area contributed by atoms with Crippen molar-refractivity contribution in [2.24, 2.45) is 0 Å². The third-order valence-electron chi connectivity index (χ3n) is 4.38. The molecule has 1 unspecified atom stereocenters. The lowest BCUT2D eigenvalue weighted by molar-refractivity contribution is 0.0939. The Morgan fingerprint density at radius 2 is 1.87 bits per heavy atom. The van der Waals surface area contributed by atoms with Gasteiger partial charge < -0.3 is 10.1 Å². The minimum Gasteiger partial charge on any atom is -0.494 e. The number of carbonyl (C=O) groups is 1. The van der Waals surface area contributed by atoms with E-state index in [0.29, 0.717) is 23.7 Å². The molecule has 3 aromatic rings. The number of rotatable bonds is 8. The number of carbonyl (C=O) groups excluding carboxylic acids is 1. The summed E-state index contributed by atoms with van der Waals surface area (Å²) >= 11 is 6.14. The number of anilines is 1. The van der Waals surface area contributed by atoms with Crippen LogP contribution in [0, 0.1) is 0 Å². The van der Waals surface area contributed by atoms with Crippen molar-refractivity contribution in [1.29, 1.82) is 0 Å². The number of hydrogen-bond acceptors (Lipinski definition) is 5. The van der Waals surface area contributed by atoms with E-state index in [2.05, 4.69) is 15.0 Å². The molecule has 1 amide bonds. The van der Waals surface area contributed by atoms with Crippen molar-refractivity contribution in [3.8, 4) is 5.75 Å². The molecule has 0 saturated carbocycles. The quantitative estimate of drug-likeness (QED) is 0.519. The summed E-state index contributed by atoms with van der Waals surface area (Å²) in [6, 6.07) is 15.6. The molecule has 162 valence electrons. The van der Waals surface area contributed by atoms with Gasteiger partial charge >= 0.3 is 0 Å². The Kier molecular flexibility index (Phi) is 7.14. The molecule has 0 bridgehead atoms. The van der Waals surface area contributed by atoms with Gasteiger partial charge in [0.2, 0.25) is 0 Å². The van der Waals surface area contributed by atoms with Crippen LogP contribution >= 0.6 is 11.6 Å². The van der Waals surface area contributed by atoms with Gasteiger partial charge in [-0.1, -0.05) is 17.7 Å². The third kappa shape index (κ3) is 5.74. The Balaban J connectivity index is 1.79. The van der Waals surface area contributed by atoms with Crippen LogP contribution in [0.25, 0.3) is 0 Å². The molecule has 1 aromatic heterocycles. The smallest absolute Gasteiger partial charge is 0.263 e. The van der Waals surface area contributed by atoms with Gasteiger partial charge in [-0.2, -0.15) is 0 Å². The van der Waals surface area contributed by atoms with Crippen molar-refractivity contribution in [3.63, 3.8) is 0 Å². The number of pyridine rings is 1. The summed E-state index contributed by atoms with van der Waals surface area (Å²) in [5.41, 5.74) is 1.20. The summed E-state index contributed by atoms with van der Waals surface area (Å²) in [7, 11) is -4.02. The van der Waals surface area contributed by atoms with Crippen LogP contribution in [-0.4, -0.2) is 25.9 Å². The van der Waals surface area contributed by atoms with Gasteiger partial charge in [-0.3, -0.25) is 14.5 Å². The van der Waals surface area contributed by atoms with Gasteiger partial charge in [0.25, 0.3) is 15.9 Å². The number of nitrogens with one attached hydrogen (secondary N) is 2. The van der Waals surface area contributed by atoms with Crippen LogP contribution in [0.1, 0.15) is 35.9 Å². The molecule has 2 N–H and O–H groups in total. The van der Waals surface area contributed by atoms with E-state index in [1.54, 1.807) is 49.5 Å². The first kappa shape index (κ1) is 22.6. The van der Waals surface area contributed by atoms with E-state index >= 15 is 0 Å². The van der Waals surface area contributed by atoms with Gasteiger partial charge in [0.15, 0.2) is 0 Å². The Morgan fingerprint density at radius 1 is 1.13 bits per heavy atom. The topological polar surface area (TPSA) is 97.4 Å². The van der Waals surface area contributed by atoms with Crippen molar-refractivity contribution in [2.75, 3.05) is 11.3 Å². The number of benzene rings is 2. The highest BCUT2D eigenvalue weighted by molar-refractivity contribution is 7.92. The molecule has 2 aromatic carbocycles. The number of sulfonamides is 1. The van der Waals surface area contributed by atoms with Crippen LogP contribution in [0.15, 0.2) is 71.8 Å². The number of amides is 1. The molecular formula is C22H22ClN3O4S. The van der Waals surface area contributed by atoms with Crippen LogP contribution in [0.2, 0.25) is 5.02 Å². The minimum absolute atomic E-state index is 0.00719. The van der Waals surface area contributed by atoms with Crippen molar-refractivity contribution in [3.05, 3.63) is 83.1 Å². The zero-order chi connectivity index (χ0) is 22.4. The maximum absolute atomic E-state index is 12.9. The molecule has 1 heterocycles. The molecule has 1 atom stereocenters. The second kappa shape index (κ2) is 9.80. The molecule has 0 aliphatic carbocycles. The van der Waals surface area contributed by atoms with Crippen molar-refractivity contribution in [2.45, 2.75) is 24.8 Å². The second-order valence-corrected chi connectivity index (χ2v) is 8.72. The molecule has 0 aliphatic heterocycles. The Labute approximate surface area is 186 Å². The summed E-state index contributed by atoms with van der Waals surface area (Å²) in [6.45, 7) is 4.16. The highest BCUT2D eigenvalue weighted by Crippen LogP contribution is 2.26. The van der Waals surface area contributed by atoms with E-state index in [0.717, 1.165) is 0 Å². The standard InChI is InChI=1S/C22H22ClN3O4S/c1-3-30-18-10-8-17(9-11-18)26-31(28,29)21-14-16(7-12-19(21)23)22(27)25-15(2)20-6-4-5-13-24-20/h4-15,26H,3H2,1-2H3,(H,25,27). The number of hydrogen-bond donors (Lipinski definition) is 2. The normalized spacial score (nSPS) is 12.1. The lowest BCUT2D eigenvalue weighted by atomic mass is 10.1. The maximum Gasteiger partial charge on any atom is 0.263 e. The van der Waals surface area contributed by atoms with Crippen LogP contribution in [-0.2, 0) is 10.0 Å². The predicted molar refractivity (Wildman–Crippen MR) is 120 cm³/mol. The van der Waals surface area contributed by atoms with Gasteiger partial charge in [0.05, 0.1) is 23.4 Å². The fourth-order valence-electron chi connectivity index (χ4n) is 2.83. The lowest BCUT2D eigenvalue weighted by Gasteiger charge is -2.15.